The van der Waals surface area contributed by atoms with Gasteiger partial charge in [-0.3, -0.25) is 0 Å². The van der Waals surface area contributed by atoms with Gasteiger partial charge in [-0.2, -0.15) is 26.3 Å². The second-order valence-electron chi connectivity index (χ2n) is 6.42. The number of hydrogen-bond donors (Lipinski definition) is 1. The molecule has 0 aliphatic heterocycles. The molecule has 0 amide bonds. The molecule has 1 aromatic heterocycles. The number of nitrogens with zero attached hydrogens (tertiary/aromatic N) is 2. The van der Waals surface area contributed by atoms with E-state index in [1.807, 2.05) is 0 Å². The van der Waals surface area contributed by atoms with Gasteiger partial charge in [0.25, 0.3) is 0 Å². The van der Waals surface area contributed by atoms with Gasteiger partial charge < -0.3 is 9.88 Å². The maximum absolute atomic E-state index is 13.0. The maximum Gasteiger partial charge on any atom is 0.416 e. The Morgan fingerprint density at radius 1 is 0.929 bits per heavy atom. The molecule has 3 aromatic rings. The molecule has 0 spiro atoms. The largest absolute Gasteiger partial charge is 0.416 e. The molecule has 0 atom stereocenters. The number of anilines is 2. The number of alkyl halides is 6. The molecule has 0 bridgehead atoms. The Labute approximate surface area is 160 Å². The predicted molar refractivity (Wildman–Crippen MR) is 94.9 cm³/mol. The Bertz CT molecular complexity index is 1000. The molecule has 0 aliphatic carbocycles. The van der Waals surface area contributed by atoms with E-state index in [4.69, 9.17) is 11.6 Å². The van der Waals surface area contributed by atoms with Gasteiger partial charge in [0.05, 0.1) is 27.2 Å². The summed E-state index contributed by atoms with van der Waals surface area (Å²) in [6, 6.07) is 5.73. The minimum absolute atomic E-state index is 0.0305. The number of benzene rings is 2. The van der Waals surface area contributed by atoms with Gasteiger partial charge in [-0.25, -0.2) is 4.98 Å². The normalized spacial score (nSPS) is 12.8. The number of aromatic nitrogens is 2. The summed E-state index contributed by atoms with van der Waals surface area (Å²) in [7, 11) is 0. The first-order chi connectivity index (χ1) is 12.9. The zero-order chi connectivity index (χ0) is 20.9. The van der Waals surface area contributed by atoms with Gasteiger partial charge in [0, 0.05) is 11.7 Å². The molecule has 3 nitrogen and oxygen atoms in total. The molecule has 0 aliphatic rings. The minimum atomic E-state index is -4.58. The molecule has 3 rings (SSSR count). The second kappa shape index (κ2) is 6.88. The van der Waals surface area contributed by atoms with Crippen LogP contribution in [0.3, 0.4) is 0 Å². The van der Waals surface area contributed by atoms with Gasteiger partial charge in [-0.05, 0) is 50.2 Å². The second-order valence-corrected chi connectivity index (χ2v) is 6.83. The van der Waals surface area contributed by atoms with Crippen LogP contribution in [-0.4, -0.2) is 9.55 Å². The van der Waals surface area contributed by atoms with Crippen molar-refractivity contribution in [3.63, 3.8) is 0 Å². The molecule has 0 saturated carbocycles. The monoisotopic (exact) mass is 421 g/mol. The molecule has 0 unspecified atom stereocenters. The van der Waals surface area contributed by atoms with Gasteiger partial charge in [0.1, 0.15) is 0 Å². The first kappa shape index (κ1) is 20.3. The van der Waals surface area contributed by atoms with Gasteiger partial charge in [0.2, 0.25) is 5.95 Å². The summed E-state index contributed by atoms with van der Waals surface area (Å²) in [6.07, 6.45) is -9.05. The Kier molecular flexibility index (Phi) is 4.99. The van der Waals surface area contributed by atoms with E-state index in [2.05, 4.69) is 10.3 Å². The van der Waals surface area contributed by atoms with Crippen LogP contribution in [0.4, 0.5) is 38.0 Å². The summed E-state index contributed by atoms with van der Waals surface area (Å²) in [5, 5.41) is 2.73. The van der Waals surface area contributed by atoms with Gasteiger partial charge in [-0.1, -0.05) is 11.6 Å². The van der Waals surface area contributed by atoms with E-state index < -0.39 is 23.5 Å². The smallest absolute Gasteiger partial charge is 0.326 e. The highest BCUT2D eigenvalue weighted by Crippen LogP contribution is 2.38. The molecule has 2 aromatic carbocycles. The molecule has 10 heteroatoms. The van der Waals surface area contributed by atoms with Crippen molar-refractivity contribution in [1.82, 2.24) is 9.55 Å². The lowest BCUT2D eigenvalue weighted by molar-refractivity contribution is -0.138. The first-order valence-electron chi connectivity index (χ1n) is 8.11. The van der Waals surface area contributed by atoms with E-state index >= 15 is 0 Å². The van der Waals surface area contributed by atoms with Crippen molar-refractivity contribution in [2.24, 2.45) is 0 Å². The quantitative estimate of drug-likeness (QED) is 0.459. The Morgan fingerprint density at radius 2 is 1.50 bits per heavy atom. The number of hydrogen-bond acceptors (Lipinski definition) is 2. The number of nitrogens with one attached hydrogen (secondary N) is 1. The Morgan fingerprint density at radius 3 is 2.00 bits per heavy atom. The number of imidazole rings is 1. The van der Waals surface area contributed by atoms with Crippen molar-refractivity contribution in [1.29, 1.82) is 0 Å². The van der Waals surface area contributed by atoms with Gasteiger partial charge >= 0.3 is 12.4 Å². The van der Waals surface area contributed by atoms with Crippen molar-refractivity contribution in [3.05, 3.63) is 52.5 Å². The molecule has 0 fully saturated rings. The predicted octanol–water partition coefficient (Wildman–Crippen LogP) is 7.05. The summed E-state index contributed by atoms with van der Waals surface area (Å²) in [5.41, 5.74) is -1.10. The van der Waals surface area contributed by atoms with E-state index in [9.17, 15) is 26.3 Å². The third kappa shape index (κ3) is 3.89. The number of fused-ring (bicyclic) bond motifs is 1. The zero-order valence-electron chi connectivity index (χ0n) is 14.6. The maximum atomic E-state index is 13.0. The number of rotatable bonds is 3. The average Bonchev–Trinajstić information content (AvgIpc) is 2.92. The fourth-order valence-electron chi connectivity index (χ4n) is 2.81. The van der Waals surface area contributed by atoms with E-state index in [0.29, 0.717) is 11.2 Å². The van der Waals surface area contributed by atoms with Crippen molar-refractivity contribution in [2.75, 3.05) is 5.32 Å². The topological polar surface area (TPSA) is 29.9 Å². The first-order valence-corrected chi connectivity index (χ1v) is 8.48. The standard InChI is InChI=1S/C18H14ClF6N3/c1-9(2)28-15-13(19)7-11(18(23,24)25)8-14(15)27-16(28)26-12-5-3-10(4-6-12)17(20,21)22/h3-9H,1-2H3,(H,26,27). The molecule has 1 N–H and O–H groups in total. The molecular formula is C18H14ClF6N3. The van der Waals surface area contributed by atoms with Crippen LogP contribution in [0.5, 0.6) is 0 Å². The summed E-state index contributed by atoms with van der Waals surface area (Å²) in [5.74, 6) is 0.172. The fourth-order valence-corrected chi connectivity index (χ4v) is 3.11. The highest BCUT2D eigenvalue weighted by molar-refractivity contribution is 6.35. The van der Waals surface area contributed by atoms with Crippen LogP contribution in [0.15, 0.2) is 36.4 Å². The van der Waals surface area contributed by atoms with Crippen LogP contribution in [0, 0.1) is 0 Å². The molecular weight excluding hydrogens is 408 g/mol. The third-order valence-corrected chi connectivity index (χ3v) is 4.34. The highest BCUT2D eigenvalue weighted by Gasteiger charge is 2.33. The van der Waals surface area contributed by atoms with Gasteiger partial charge in [0.15, 0.2) is 0 Å². The summed E-state index contributed by atoms with van der Waals surface area (Å²) in [6.45, 7) is 3.57. The molecule has 150 valence electrons. The summed E-state index contributed by atoms with van der Waals surface area (Å²) in [4.78, 5) is 4.18. The zero-order valence-corrected chi connectivity index (χ0v) is 15.3. The van der Waals surface area contributed by atoms with Crippen LogP contribution < -0.4 is 5.32 Å². The lowest BCUT2D eigenvalue weighted by atomic mass is 10.2. The van der Waals surface area contributed by atoms with Crippen LogP contribution in [0.1, 0.15) is 31.0 Å². The van der Waals surface area contributed by atoms with E-state index in [1.54, 1.807) is 18.4 Å². The Hall–Kier alpha value is -2.42. The van der Waals surface area contributed by atoms with E-state index in [1.165, 1.54) is 12.1 Å². The lowest BCUT2D eigenvalue weighted by Gasteiger charge is -2.15. The summed E-state index contributed by atoms with van der Waals surface area (Å²) >= 11 is 6.09. The van der Waals surface area contributed by atoms with Crippen molar-refractivity contribution in [2.45, 2.75) is 32.2 Å². The van der Waals surface area contributed by atoms with Crippen molar-refractivity contribution < 1.29 is 26.3 Å². The van der Waals surface area contributed by atoms with Crippen LogP contribution >= 0.6 is 11.6 Å². The highest BCUT2D eigenvalue weighted by atomic mass is 35.5. The van der Waals surface area contributed by atoms with Crippen LogP contribution in [0.25, 0.3) is 11.0 Å². The van der Waals surface area contributed by atoms with Crippen LogP contribution in [0.2, 0.25) is 5.02 Å². The van der Waals surface area contributed by atoms with E-state index in [-0.39, 0.29) is 22.5 Å². The minimum Gasteiger partial charge on any atom is -0.326 e. The molecule has 0 saturated heterocycles. The third-order valence-electron chi connectivity index (χ3n) is 4.05. The SMILES string of the molecule is CC(C)n1c(Nc2ccc(C(F)(F)F)cc2)nc2cc(C(F)(F)F)cc(Cl)c21. The number of halogens is 7. The molecule has 28 heavy (non-hydrogen) atoms. The van der Waals surface area contributed by atoms with E-state index in [0.717, 1.165) is 24.3 Å². The van der Waals surface area contributed by atoms with Gasteiger partial charge in [-0.15, -0.1) is 0 Å². The average molecular weight is 422 g/mol. The van der Waals surface area contributed by atoms with Crippen LogP contribution in [-0.2, 0) is 12.4 Å². The van der Waals surface area contributed by atoms with Crippen molar-refractivity contribution in [3.8, 4) is 0 Å². The molecule has 0 radical (unpaired) electrons. The van der Waals surface area contributed by atoms with Crippen molar-refractivity contribution >= 4 is 34.3 Å². The Balaban J connectivity index is 2.08. The lowest BCUT2D eigenvalue weighted by Crippen LogP contribution is -2.08. The fraction of sp³-hybridized carbons (Fsp3) is 0.278. The molecule has 1 heterocycles. The summed E-state index contributed by atoms with van der Waals surface area (Å²) < 4.78 is 78.8.